The van der Waals surface area contributed by atoms with Gasteiger partial charge in [0.1, 0.15) is 5.69 Å². The molecular weight excluding hydrogens is 300 g/mol. The van der Waals surface area contributed by atoms with Crippen molar-refractivity contribution in [2.45, 2.75) is 6.92 Å². The van der Waals surface area contributed by atoms with Crippen molar-refractivity contribution >= 4 is 17.5 Å². The molecule has 0 saturated heterocycles. The number of nitrogens with two attached hydrogens (primary N) is 1. The number of primary amides is 1. The van der Waals surface area contributed by atoms with Gasteiger partial charge >= 0.3 is 0 Å². The molecule has 0 spiro atoms. The molecule has 0 fully saturated rings. The highest BCUT2D eigenvalue weighted by Gasteiger charge is 2.11. The Hall–Kier alpha value is -3.16. The van der Waals surface area contributed by atoms with Crippen LogP contribution in [0.25, 0.3) is 0 Å². The molecule has 2 amide bonds. The third-order valence-corrected chi connectivity index (χ3v) is 2.81. The number of ether oxygens (including phenoxy) is 2. The number of nitrogens with one attached hydrogen (secondary N) is 1. The summed E-state index contributed by atoms with van der Waals surface area (Å²) in [4.78, 5) is 30.9. The van der Waals surface area contributed by atoms with Gasteiger partial charge in [-0.25, -0.2) is 4.98 Å². The molecule has 1 aromatic carbocycles. The average molecular weight is 316 g/mol. The summed E-state index contributed by atoms with van der Waals surface area (Å²) in [7, 11) is 1.46. The minimum absolute atomic E-state index is 0.186. The highest BCUT2D eigenvalue weighted by molar-refractivity contribution is 6.02. The number of aryl methyl sites for hydroxylation is 1. The van der Waals surface area contributed by atoms with Crippen LogP contribution in [0.3, 0.4) is 0 Å². The minimum atomic E-state index is -0.614. The summed E-state index contributed by atoms with van der Waals surface area (Å²) in [5, 5.41) is 2.66. The topological polar surface area (TPSA) is 116 Å². The number of aromatic nitrogens is 2. The summed E-state index contributed by atoms with van der Waals surface area (Å²) in [6.45, 7) is 1.48. The molecular formula is C15H16N4O4. The van der Waals surface area contributed by atoms with Crippen molar-refractivity contribution in [2.24, 2.45) is 5.73 Å². The van der Waals surface area contributed by atoms with Gasteiger partial charge in [0, 0.05) is 18.0 Å². The number of amides is 2. The second-order valence-electron chi connectivity index (χ2n) is 4.62. The fraction of sp³-hybridized carbons (Fsp3) is 0.200. The Labute approximate surface area is 132 Å². The monoisotopic (exact) mass is 316 g/mol. The molecule has 8 nitrogen and oxygen atoms in total. The molecule has 0 radical (unpaired) electrons. The Morgan fingerprint density at radius 3 is 2.61 bits per heavy atom. The van der Waals surface area contributed by atoms with Crippen molar-refractivity contribution in [2.75, 3.05) is 19.0 Å². The van der Waals surface area contributed by atoms with Crippen LogP contribution in [0.5, 0.6) is 11.5 Å². The maximum Gasteiger partial charge on any atom is 0.275 e. The van der Waals surface area contributed by atoms with E-state index in [0.717, 1.165) is 0 Å². The number of anilines is 1. The lowest BCUT2D eigenvalue weighted by Crippen LogP contribution is -2.20. The molecule has 8 heteroatoms. The first-order valence-electron chi connectivity index (χ1n) is 6.68. The van der Waals surface area contributed by atoms with Crippen LogP contribution in [0.15, 0.2) is 30.6 Å². The fourth-order valence-corrected chi connectivity index (χ4v) is 1.72. The zero-order valence-electron chi connectivity index (χ0n) is 12.7. The average Bonchev–Trinajstić information content (AvgIpc) is 2.53. The molecule has 2 aromatic rings. The lowest BCUT2D eigenvalue weighted by Gasteiger charge is -2.12. The van der Waals surface area contributed by atoms with Gasteiger partial charge in [-0.3, -0.25) is 14.6 Å². The second-order valence-corrected chi connectivity index (χ2v) is 4.62. The molecule has 2 rings (SSSR count). The van der Waals surface area contributed by atoms with E-state index in [2.05, 4.69) is 15.3 Å². The molecule has 0 aliphatic carbocycles. The highest BCUT2D eigenvalue weighted by Crippen LogP contribution is 2.30. The fourth-order valence-electron chi connectivity index (χ4n) is 1.72. The summed E-state index contributed by atoms with van der Waals surface area (Å²) in [6, 6.07) is 4.77. The van der Waals surface area contributed by atoms with Crippen molar-refractivity contribution in [1.29, 1.82) is 0 Å². The van der Waals surface area contributed by atoms with Gasteiger partial charge in [0.15, 0.2) is 18.1 Å². The Kier molecular flexibility index (Phi) is 5.08. The van der Waals surface area contributed by atoms with E-state index in [1.165, 1.54) is 25.6 Å². The molecule has 1 aromatic heterocycles. The number of nitrogens with zero attached hydrogens (tertiary/aromatic N) is 2. The van der Waals surface area contributed by atoms with Gasteiger partial charge in [-0.05, 0) is 19.1 Å². The first kappa shape index (κ1) is 16.2. The van der Waals surface area contributed by atoms with Crippen molar-refractivity contribution in [3.8, 4) is 11.5 Å². The van der Waals surface area contributed by atoms with Crippen LogP contribution in [-0.4, -0.2) is 35.5 Å². The van der Waals surface area contributed by atoms with E-state index in [9.17, 15) is 9.59 Å². The van der Waals surface area contributed by atoms with Crippen molar-refractivity contribution < 1.29 is 19.1 Å². The van der Waals surface area contributed by atoms with Crippen molar-refractivity contribution in [3.63, 3.8) is 0 Å². The van der Waals surface area contributed by atoms with Gasteiger partial charge in [-0.2, -0.15) is 0 Å². The lowest BCUT2D eigenvalue weighted by molar-refractivity contribution is -0.119. The number of hydrogen-bond acceptors (Lipinski definition) is 6. The Morgan fingerprint density at radius 2 is 2.00 bits per heavy atom. The first-order chi connectivity index (χ1) is 11.0. The third kappa shape index (κ3) is 4.40. The van der Waals surface area contributed by atoms with Gasteiger partial charge in [-0.1, -0.05) is 0 Å². The zero-order valence-corrected chi connectivity index (χ0v) is 12.7. The maximum absolute atomic E-state index is 12.1. The predicted octanol–water partition coefficient (Wildman–Crippen LogP) is 0.910. The van der Waals surface area contributed by atoms with E-state index in [-0.39, 0.29) is 12.3 Å². The smallest absolute Gasteiger partial charge is 0.275 e. The Balaban J connectivity index is 2.15. The predicted molar refractivity (Wildman–Crippen MR) is 82.4 cm³/mol. The maximum atomic E-state index is 12.1. The standard InChI is InChI=1S/C15H16N4O4/c1-9-6-18-11(7-17-9)15(21)19-10-3-4-12(22-2)13(5-10)23-8-14(16)20/h3-7H,8H2,1-2H3,(H2,16,20)(H,19,21). The minimum Gasteiger partial charge on any atom is -0.493 e. The van der Waals surface area contributed by atoms with E-state index >= 15 is 0 Å². The van der Waals surface area contributed by atoms with Gasteiger partial charge in [-0.15, -0.1) is 0 Å². The summed E-state index contributed by atoms with van der Waals surface area (Å²) in [5.41, 5.74) is 6.41. The molecule has 0 bridgehead atoms. The highest BCUT2D eigenvalue weighted by atomic mass is 16.5. The van der Waals surface area contributed by atoms with E-state index in [1.54, 1.807) is 19.1 Å². The molecule has 0 saturated carbocycles. The number of methoxy groups -OCH3 is 1. The SMILES string of the molecule is COc1ccc(NC(=O)c2cnc(C)cn2)cc1OCC(N)=O. The second kappa shape index (κ2) is 7.21. The molecule has 120 valence electrons. The normalized spacial score (nSPS) is 10.0. The largest absolute Gasteiger partial charge is 0.493 e. The van der Waals surface area contributed by atoms with E-state index in [4.69, 9.17) is 15.2 Å². The van der Waals surface area contributed by atoms with Crippen LogP contribution >= 0.6 is 0 Å². The number of rotatable bonds is 6. The molecule has 3 N–H and O–H groups in total. The summed E-state index contributed by atoms with van der Waals surface area (Å²) < 4.78 is 10.4. The quantitative estimate of drug-likeness (QED) is 0.818. The van der Waals surface area contributed by atoms with Crippen LogP contribution in [0.1, 0.15) is 16.2 Å². The molecule has 1 heterocycles. The van der Waals surface area contributed by atoms with Crippen LogP contribution in [0.2, 0.25) is 0 Å². The first-order valence-corrected chi connectivity index (χ1v) is 6.68. The van der Waals surface area contributed by atoms with Gasteiger partial charge in [0.25, 0.3) is 11.8 Å². The number of hydrogen-bond donors (Lipinski definition) is 2. The molecule has 0 aliphatic rings. The van der Waals surface area contributed by atoms with E-state index in [0.29, 0.717) is 22.9 Å². The summed E-state index contributed by atoms with van der Waals surface area (Å²) in [5.74, 6) is -0.321. The Bertz CT molecular complexity index is 716. The van der Waals surface area contributed by atoms with Crippen LogP contribution in [-0.2, 0) is 4.79 Å². The van der Waals surface area contributed by atoms with E-state index < -0.39 is 11.8 Å². The van der Waals surface area contributed by atoms with Crippen LogP contribution in [0.4, 0.5) is 5.69 Å². The van der Waals surface area contributed by atoms with Gasteiger partial charge < -0.3 is 20.5 Å². The summed E-state index contributed by atoms with van der Waals surface area (Å²) in [6.07, 6.45) is 2.89. The number of carbonyl (C=O) groups excluding carboxylic acids is 2. The lowest BCUT2D eigenvalue weighted by atomic mass is 10.2. The van der Waals surface area contributed by atoms with Gasteiger partial charge in [0.2, 0.25) is 0 Å². The zero-order chi connectivity index (χ0) is 16.8. The van der Waals surface area contributed by atoms with Crippen molar-refractivity contribution in [3.05, 3.63) is 42.0 Å². The molecule has 23 heavy (non-hydrogen) atoms. The van der Waals surface area contributed by atoms with E-state index in [1.807, 2.05) is 0 Å². The van der Waals surface area contributed by atoms with Gasteiger partial charge in [0.05, 0.1) is 19.0 Å². The van der Waals surface area contributed by atoms with Crippen LogP contribution < -0.4 is 20.5 Å². The van der Waals surface area contributed by atoms with Crippen molar-refractivity contribution in [1.82, 2.24) is 9.97 Å². The number of carbonyl (C=O) groups is 2. The Morgan fingerprint density at radius 1 is 1.22 bits per heavy atom. The third-order valence-electron chi connectivity index (χ3n) is 2.81. The number of benzene rings is 1. The molecule has 0 atom stereocenters. The summed E-state index contributed by atoms with van der Waals surface area (Å²) >= 11 is 0. The van der Waals surface area contributed by atoms with Crippen LogP contribution in [0, 0.1) is 6.92 Å². The molecule has 0 aliphatic heterocycles. The molecule has 0 unspecified atom stereocenters.